The van der Waals surface area contributed by atoms with Crippen LogP contribution in [0, 0.1) is 46.3 Å². The van der Waals surface area contributed by atoms with E-state index in [9.17, 15) is 37.5 Å². The molecule has 2 aromatic rings. The Hall–Kier alpha value is -4.37. The minimum atomic E-state index is -5.19. The summed E-state index contributed by atoms with van der Waals surface area (Å²) < 4.78 is 77.4. The van der Waals surface area contributed by atoms with Crippen LogP contribution in [0.15, 0.2) is 54.6 Å². The molecule has 4 saturated carbocycles. The number of esters is 3. The van der Waals surface area contributed by atoms with Gasteiger partial charge in [0.25, 0.3) is 0 Å². The van der Waals surface area contributed by atoms with Crippen molar-refractivity contribution in [3.8, 4) is 5.75 Å². The second-order valence-corrected chi connectivity index (χ2v) is 22.3. The minimum Gasteiger partial charge on any atom is -0.497 e. The maximum absolute atomic E-state index is 14.6. The van der Waals surface area contributed by atoms with Crippen LogP contribution in [0.3, 0.4) is 0 Å². The van der Waals surface area contributed by atoms with Crippen LogP contribution >= 0.6 is 0 Å². The van der Waals surface area contributed by atoms with Crippen LogP contribution in [0.4, 0.5) is 18.0 Å². The van der Waals surface area contributed by atoms with E-state index in [1.54, 1.807) is 72.9 Å². The van der Waals surface area contributed by atoms with Gasteiger partial charge in [-0.25, -0.2) is 14.4 Å². The fourth-order valence-corrected chi connectivity index (χ4v) is 13.0. The molecule has 4 aliphatic carbocycles. The zero-order valence-corrected chi connectivity index (χ0v) is 40.6. The topological polar surface area (TPSA) is 147 Å². The number of nitrogens with zero attached hydrogens (tertiary/aromatic N) is 1. The van der Waals surface area contributed by atoms with Crippen molar-refractivity contribution in [1.29, 1.82) is 0 Å². The van der Waals surface area contributed by atoms with Crippen LogP contribution in [-0.2, 0) is 38.1 Å². The van der Waals surface area contributed by atoms with E-state index in [2.05, 4.69) is 6.92 Å². The first-order valence-corrected chi connectivity index (χ1v) is 24.0. The SMILES string of the molecule is COc1ccc([C@@H]2O[C@H](C(=O)O[C@@H]3CC[C@@]4(C)[C@@H](C3)C[C@@H](O)[C@@H]3[C@@H]4C[C@H](OC(=O)C(F)(F)F)[C@]4(C)[C@@H]([C@H](C)CCC(=O)OC(C)(C)C)CC[C@@H]34)[C@@H](c3ccccc3)N2C(=O)OC(C)(C)C)cc1. The molecule has 14 atom stereocenters. The van der Waals surface area contributed by atoms with E-state index in [0.29, 0.717) is 61.8 Å². The molecule has 12 nitrogen and oxygen atoms in total. The molecule has 0 aromatic heterocycles. The van der Waals surface area contributed by atoms with Crippen molar-refractivity contribution in [3.63, 3.8) is 0 Å². The first-order chi connectivity index (χ1) is 31.2. The monoisotopic (exact) mass is 941 g/mol. The van der Waals surface area contributed by atoms with Gasteiger partial charge in [-0.05, 0) is 152 Å². The highest BCUT2D eigenvalue weighted by molar-refractivity contribution is 5.79. The molecule has 1 saturated heterocycles. The molecule has 1 amide bonds. The quantitative estimate of drug-likeness (QED) is 0.179. The number of carbonyl (C=O) groups excluding carboxylic acids is 4. The van der Waals surface area contributed by atoms with Crippen molar-refractivity contribution in [2.75, 3.05) is 7.11 Å². The van der Waals surface area contributed by atoms with E-state index >= 15 is 0 Å². The number of carbonyl (C=O) groups is 4. The van der Waals surface area contributed by atoms with Crippen molar-refractivity contribution in [1.82, 2.24) is 4.90 Å². The number of fused-ring (bicyclic) bond motifs is 5. The first-order valence-electron chi connectivity index (χ1n) is 24.0. The summed E-state index contributed by atoms with van der Waals surface area (Å²) in [4.78, 5) is 55.7. The van der Waals surface area contributed by atoms with Crippen molar-refractivity contribution in [3.05, 3.63) is 65.7 Å². The number of aliphatic hydroxyl groups excluding tert-OH is 1. The summed E-state index contributed by atoms with van der Waals surface area (Å²) in [5.74, 6) is -3.88. The molecule has 1 heterocycles. The van der Waals surface area contributed by atoms with Crippen molar-refractivity contribution in [2.24, 2.45) is 46.3 Å². The molecular weight excluding hydrogens is 872 g/mol. The molecule has 15 heteroatoms. The van der Waals surface area contributed by atoms with E-state index < -0.39 is 82.9 Å². The Bertz CT molecular complexity index is 2100. The molecule has 67 heavy (non-hydrogen) atoms. The number of methoxy groups -OCH3 is 1. The standard InChI is InChI=1S/C52H70F3NO11/c1-29(16-23-40(58)66-48(2,3)4)35-21-22-36-41-37(28-39(51(35,36)9)64-46(60)52(53,54)55)50(8)25-24-34(26-32(50)27-38(41)57)63-45(59)43-42(30-14-12-11-13-15-30)56(47(61)67-49(5,6)7)44(65-43)31-17-19-33(62-10)20-18-31/h11-15,17-20,29,32,34-39,41-44,57H,16,21-28H2,1-10H3/t29-,32+,34-,35-,36+,37+,38-,39+,41+,42-,43+,44+,50+,51-/m1/s1. The second-order valence-electron chi connectivity index (χ2n) is 22.3. The summed E-state index contributed by atoms with van der Waals surface area (Å²) in [6.07, 6.45) is -6.78. The van der Waals surface area contributed by atoms with Gasteiger partial charge in [0.2, 0.25) is 0 Å². The van der Waals surface area contributed by atoms with Gasteiger partial charge in [-0.15, -0.1) is 0 Å². The number of aliphatic hydroxyl groups is 1. The van der Waals surface area contributed by atoms with Crippen molar-refractivity contribution in [2.45, 2.75) is 174 Å². The van der Waals surface area contributed by atoms with Crippen LogP contribution < -0.4 is 4.74 Å². The van der Waals surface area contributed by atoms with E-state index in [0.717, 1.165) is 0 Å². The molecule has 0 spiro atoms. The number of ether oxygens (including phenoxy) is 6. The lowest BCUT2D eigenvalue weighted by Gasteiger charge is -2.64. The summed E-state index contributed by atoms with van der Waals surface area (Å²) in [5, 5.41) is 12.2. The van der Waals surface area contributed by atoms with Gasteiger partial charge in [-0.2, -0.15) is 13.2 Å². The fourth-order valence-electron chi connectivity index (χ4n) is 13.0. The molecule has 5 fully saturated rings. The Kier molecular flexibility index (Phi) is 14.2. The number of alkyl halides is 3. The number of benzene rings is 2. The van der Waals surface area contributed by atoms with Gasteiger partial charge >= 0.3 is 30.2 Å². The highest BCUT2D eigenvalue weighted by atomic mass is 19.4. The largest absolute Gasteiger partial charge is 0.497 e. The van der Waals surface area contributed by atoms with Crippen LogP contribution in [0.5, 0.6) is 5.75 Å². The maximum atomic E-state index is 14.6. The third-order valence-electron chi connectivity index (χ3n) is 15.9. The summed E-state index contributed by atoms with van der Waals surface area (Å²) >= 11 is 0. The lowest BCUT2D eigenvalue weighted by Crippen LogP contribution is -2.63. The molecule has 370 valence electrons. The maximum Gasteiger partial charge on any atom is 0.490 e. The summed E-state index contributed by atoms with van der Waals surface area (Å²) in [5.41, 5.74) is -1.66. The number of hydrogen-bond acceptors (Lipinski definition) is 11. The molecule has 1 N–H and O–H groups in total. The average molecular weight is 942 g/mol. The zero-order chi connectivity index (χ0) is 49.0. The third-order valence-corrected chi connectivity index (χ3v) is 15.9. The number of rotatable bonds is 10. The minimum absolute atomic E-state index is 0.103. The van der Waals surface area contributed by atoms with E-state index in [4.69, 9.17) is 28.4 Å². The number of hydrogen-bond donors (Lipinski definition) is 1. The molecular formula is C52H70F3NO11. The second kappa shape index (κ2) is 18.8. The van der Waals surface area contributed by atoms with Crippen molar-refractivity contribution >= 4 is 24.0 Å². The molecule has 0 bridgehead atoms. The van der Waals surface area contributed by atoms with Gasteiger partial charge < -0.3 is 33.5 Å². The third kappa shape index (κ3) is 10.3. The van der Waals surface area contributed by atoms with Crippen molar-refractivity contribution < 1.29 is 65.9 Å². The van der Waals surface area contributed by atoms with Crippen LogP contribution in [0.25, 0.3) is 0 Å². The molecule has 0 unspecified atom stereocenters. The molecule has 0 radical (unpaired) electrons. The normalized spacial score (nSPS) is 34.5. The fraction of sp³-hybridized carbons (Fsp3) is 0.692. The van der Waals surface area contributed by atoms with Gasteiger partial charge in [-0.3, -0.25) is 9.69 Å². The van der Waals surface area contributed by atoms with E-state index in [1.807, 2.05) is 44.2 Å². The van der Waals surface area contributed by atoms with E-state index in [-0.39, 0.29) is 54.3 Å². The van der Waals surface area contributed by atoms with Gasteiger partial charge in [0, 0.05) is 17.4 Å². The van der Waals surface area contributed by atoms with Gasteiger partial charge in [0.15, 0.2) is 12.3 Å². The smallest absolute Gasteiger partial charge is 0.490 e. The van der Waals surface area contributed by atoms with Gasteiger partial charge in [-0.1, -0.05) is 63.2 Å². The highest BCUT2D eigenvalue weighted by Gasteiger charge is 2.68. The number of halogens is 3. The predicted octanol–water partition coefficient (Wildman–Crippen LogP) is 10.5. The zero-order valence-electron chi connectivity index (χ0n) is 40.6. The Balaban J connectivity index is 1.13. The average Bonchev–Trinajstić information content (AvgIpc) is 3.82. The Morgan fingerprint density at radius 1 is 0.836 bits per heavy atom. The Morgan fingerprint density at radius 2 is 1.49 bits per heavy atom. The highest BCUT2D eigenvalue weighted by Crippen LogP contribution is 2.69. The van der Waals surface area contributed by atoms with Crippen LogP contribution in [0.1, 0.15) is 143 Å². The first kappa shape index (κ1) is 50.5. The summed E-state index contributed by atoms with van der Waals surface area (Å²) in [6.45, 7) is 16.7. The van der Waals surface area contributed by atoms with E-state index in [1.165, 1.54) is 4.90 Å². The van der Waals surface area contributed by atoms with Gasteiger partial charge in [0.1, 0.15) is 35.2 Å². The Morgan fingerprint density at radius 3 is 2.10 bits per heavy atom. The molecule has 1 aliphatic heterocycles. The van der Waals surface area contributed by atoms with Crippen LogP contribution in [0.2, 0.25) is 0 Å². The molecule has 7 rings (SSSR count). The lowest BCUT2D eigenvalue weighted by atomic mass is 9.43. The molecule has 5 aliphatic rings. The Labute approximate surface area is 392 Å². The van der Waals surface area contributed by atoms with Crippen LogP contribution in [-0.4, -0.2) is 82.9 Å². The predicted molar refractivity (Wildman–Crippen MR) is 240 cm³/mol. The molecule has 2 aromatic carbocycles. The van der Waals surface area contributed by atoms with Gasteiger partial charge in [0.05, 0.1) is 13.2 Å². The summed E-state index contributed by atoms with van der Waals surface area (Å²) in [6, 6.07) is 15.2. The lowest BCUT2D eigenvalue weighted by molar-refractivity contribution is -0.240. The summed E-state index contributed by atoms with van der Waals surface area (Å²) in [7, 11) is 1.55. The number of amides is 1.